The van der Waals surface area contributed by atoms with Crippen LogP contribution in [0.5, 0.6) is 0 Å². The molecular formula is C4H9N5O2. The Morgan fingerprint density at radius 3 is 3.09 bits per heavy atom. The van der Waals surface area contributed by atoms with Crippen LogP contribution in [0.1, 0.15) is 0 Å². The second-order valence-electron chi connectivity index (χ2n) is 2.12. The Hall–Kier alpha value is -1.37. The van der Waals surface area contributed by atoms with Crippen LogP contribution in [0.25, 0.3) is 0 Å². The first kappa shape index (κ1) is 7.73. The van der Waals surface area contributed by atoms with Crippen molar-refractivity contribution < 1.29 is 5.03 Å². The van der Waals surface area contributed by atoms with Crippen LogP contribution >= 0.6 is 0 Å². The molecule has 0 unspecified atom stereocenters. The van der Waals surface area contributed by atoms with Gasteiger partial charge in [0.2, 0.25) is 0 Å². The maximum Gasteiger partial charge on any atom is 0.273 e. The summed E-state index contributed by atoms with van der Waals surface area (Å²) in [5.41, 5.74) is 0. The molecule has 1 aliphatic heterocycles. The summed E-state index contributed by atoms with van der Waals surface area (Å²) < 4.78 is 0. The number of nitrogens with one attached hydrogen (secondary N) is 2. The third kappa shape index (κ3) is 2.04. The first-order valence-corrected chi connectivity index (χ1v) is 3.09. The number of hydrogen-bond acceptors (Lipinski definition) is 3. The molecule has 11 heavy (non-hydrogen) atoms. The van der Waals surface area contributed by atoms with E-state index in [4.69, 9.17) is 0 Å². The fraction of sp³-hybridized carbons (Fsp3) is 0.750. The minimum Gasteiger partial charge on any atom is -0.338 e. The summed E-state index contributed by atoms with van der Waals surface area (Å²) in [5, 5.41) is 18.0. The Labute approximate surface area is 63.2 Å². The molecule has 1 fully saturated rings. The van der Waals surface area contributed by atoms with Gasteiger partial charge in [-0.25, -0.2) is 10.1 Å². The molecule has 0 saturated carbocycles. The molecule has 7 heteroatoms. The van der Waals surface area contributed by atoms with E-state index in [2.05, 4.69) is 15.7 Å². The molecule has 0 aliphatic carbocycles. The van der Waals surface area contributed by atoms with E-state index < -0.39 is 5.03 Å². The number of hydrazone groups is 1. The van der Waals surface area contributed by atoms with Gasteiger partial charge in [0.1, 0.15) is 5.10 Å². The van der Waals surface area contributed by atoms with Gasteiger partial charge < -0.3 is 10.2 Å². The van der Waals surface area contributed by atoms with Crippen molar-refractivity contribution in [1.29, 1.82) is 0 Å². The van der Waals surface area contributed by atoms with Crippen LogP contribution in [0.15, 0.2) is 5.10 Å². The third-order valence-electron chi connectivity index (χ3n) is 1.26. The van der Waals surface area contributed by atoms with Crippen LogP contribution in [-0.2, 0) is 0 Å². The van der Waals surface area contributed by atoms with E-state index in [1.54, 1.807) is 11.9 Å². The predicted molar refractivity (Wildman–Crippen MR) is 38.2 cm³/mol. The predicted octanol–water partition coefficient (Wildman–Crippen LogP) is -1.43. The Kier molecular flexibility index (Phi) is 2.21. The van der Waals surface area contributed by atoms with Gasteiger partial charge in [0.15, 0.2) is 5.03 Å². The minimum atomic E-state index is -0.718. The van der Waals surface area contributed by atoms with Crippen molar-refractivity contribution in [2.24, 2.45) is 5.10 Å². The maximum atomic E-state index is 9.94. The number of guanidine groups is 1. The first-order chi connectivity index (χ1) is 5.20. The van der Waals surface area contributed by atoms with Crippen molar-refractivity contribution in [3.63, 3.8) is 0 Å². The molecule has 0 aromatic carbocycles. The van der Waals surface area contributed by atoms with Gasteiger partial charge in [0.05, 0.1) is 13.3 Å². The van der Waals surface area contributed by atoms with Gasteiger partial charge in [-0.3, -0.25) is 5.32 Å². The van der Waals surface area contributed by atoms with Crippen molar-refractivity contribution in [2.75, 3.05) is 20.4 Å². The molecular weight excluding hydrogens is 150 g/mol. The normalized spacial score (nSPS) is 21.5. The fourth-order valence-corrected chi connectivity index (χ4v) is 0.764. The summed E-state index contributed by atoms with van der Waals surface area (Å²) in [6.45, 7) is 1.08. The molecule has 0 aromatic heterocycles. The number of nitro groups is 1. The van der Waals surface area contributed by atoms with Gasteiger partial charge in [0, 0.05) is 7.05 Å². The van der Waals surface area contributed by atoms with Crippen molar-refractivity contribution in [3.05, 3.63) is 10.1 Å². The molecule has 1 heterocycles. The Bertz CT molecular complexity index is 191. The van der Waals surface area contributed by atoms with Crippen molar-refractivity contribution in [1.82, 2.24) is 15.5 Å². The summed E-state index contributed by atoms with van der Waals surface area (Å²) in [5.74, 6) is 0.286. The zero-order valence-corrected chi connectivity index (χ0v) is 6.07. The highest BCUT2D eigenvalue weighted by molar-refractivity contribution is 5.79. The molecule has 0 aromatic rings. The molecule has 0 spiro atoms. The quantitative estimate of drug-likeness (QED) is 0.362. The lowest BCUT2D eigenvalue weighted by molar-refractivity contribution is -0.486. The van der Waals surface area contributed by atoms with Crippen molar-refractivity contribution in [3.8, 4) is 0 Å². The van der Waals surface area contributed by atoms with Gasteiger partial charge in [-0.15, -0.1) is 0 Å². The molecule has 0 amide bonds. The minimum absolute atomic E-state index is 0.286. The maximum absolute atomic E-state index is 9.94. The van der Waals surface area contributed by atoms with E-state index in [1.807, 2.05) is 0 Å². The molecule has 1 rings (SSSR count). The lowest BCUT2D eigenvalue weighted by Gasteiger charge is -2.25. The van der Waals surface area contributed by atoms with Gasteiger partial charge >= 0.3 is 0 Å². The van der Waals surface area contributed by atoms with Gasteiger partial charge in [-0.1, -0.05) is 0 Å². The Morgan fingerprint density at radius 2 is 2.55 bits per heavy atom. The highest BCUT2D eigenvalue weighted by Crippen LogP contribution is 1.87. The topological polar surface area (TPSA) is 82.8 Å². The zero-order valence-electron chi connectivity index (χ0n) is 6.07. The van der Waals surface area contributed by atoms with Crippen molar-refractivity contribution >= 4 is 5.96 Å². The SMILES string of the molecule is CN1CNCNC1=N[N+](=O)[O-]. The summed E-state index contributed by atoms with van der Waals surface area (Å²) >= 11 is 0. The second-order valence-corrected chi connectivity index (χ2v) is 2.12. The highest BCUT2D eigenvalue weighted by Gasteiger charge is 2.13. The summed E-state index contributed by atoms with van der Waals surface area (Å²) in [7, 11) is 1.71. The Morgan fingerprint density at radius 1 is 1.82 bits per heavy atom. The highest BCUT2D eigenvalue weighted by atomic mass is 16.7. The van der Waals surface area contributed by atoms with Crippen LogP contribution in [-0.4, -0.2) is 36.3 Å². The zero-order chi connectivity index (χ0) is 8.27. The largest absolute Gasteiger partial charge is 0.338 e. The fourth-order valence-electron chi connectivity index (χ4n) is 0.764. The molecule has 7 nitrogen and oxygen atoms in total. The second kappa shape index (κ2) is 3.15. The molecule has 0 radical (unpaired) electrons. The average Bonchev–Trinajstić information content (AvgIpc) is 1.93. The smallest absolute Gasteiger partial charge is 0.273 e. The van der Waals surface area contributed by atoms with Gasteiger partial charge in [-0.05, 0) is 0 Å². The molecule has 2 N–H and O–H groups in total. The standard InChI is InChI=1S/C4H9N5O2/c1-8-3-5-2-6-4(8)7-9(10)11/h5H,2-3H2,1H3,(H,6,7). The van der Waals surface area contributed by atoms with Crippen molar-refractivity contribution in [2.45, 2.75) is 0 Å². The molecule has 1 saturated heterocycles. The molecule has 62 valence electrons. The Balaban J connectivity index is 2.60. The van der Waals surface area contributed by atoms with E-state index >= 15 is 0 Å². The lowest BCUT2D eigenvalue weighted by Crippen LogP contribution is -2.53. The van der Waals surface area contributed by atoms with Gasteiger partial charge in [-0.2, -0.15) is 0 Å². The van der Waals surface area contributed by atoms with Crippen LogP contribution in [0, 0.1) is 10.1 Å². The first-order valence-electron chi connectivity index (χ1n) is 3.09. The molecule has 0 atom stereocenters. The average molecular weight is 159 g/mol. The van der Waals surface area contributed by atoms with Gasteiger partial charge in [0.25, 0.3) is 5.96 Å². The molecule has 0 bridgehead atoms. The summed E-state index contributed by atoms with van der Waals surface area (Å²) in [6.07, 6.45) is 0. The van der Waals surface area contributed by atoms with E-state index in [-0.39, 0.29) is 5.96 Å². The van der Waals surface area contributed by atoms with E-state index in [9.17, 15) is 10.1 Å². The summed E-state index contributed by atoms with van der Waals surface area (Å²) in [6, 6.07) is 0. The van der Waals surface area contributed by atoms with E-state index in [0.717, 1.165) is 0 Å². The van der Waals surface area contributed by atoms with E-state index in [0.29, 0.717) is 13.3 Å². The van der Waals surface area contributed by atoms with Crippen LogP contribution in [0.2, 0.25) is 0 Å². The lowest BCUT2D eigenvalue weighted by atomic mass is 10.6. The summed E-state index contributed by atoms with van der Waals surface area (Å²) in [4.78, 5) is 11.6. The van der Waals surface area contributed by atoms with Crippen LogP contribution < -0.4 is 10.6 Å². The molecule has 1 aliphatic rings. The number of hydrogen-bond donors (Lipinski definition) is 2. The number of nitrogens with zero attached hydrogens (tertiary/aromatic N) is 3. The third-order valence-corrected chi connectivity index (χ3v) is 1.26. The monoisotopic (exact) mass is 159 g/mol. The number of rotatable bonds is 1. The van der Waals surface area contributed by atoms with E-state index in [1.165, 1.54) is 0 Å². The van der Waals surface area contributed by atoms with Crippen LogP contribution in [0.4, 0.5) is 0 Å². The van der Waals surface area contributed by atoms with Crippen LogP contribution in [0.3, 0.4) is 0 Å².